The maximum absolute atomic E-state index is 13.3. The average Bonchev–Trinajstić information content (AvgIpc) is 2.65. The summed E-state index contributed by atoms with van der Waals surface area (Å²) in [6, 6.07) is 8.25. The van der Waals surface area contributed by atoms with E-state index in [9.17, 15) is 27.5 Å². The topological polar surface area (TPSA) is 122 Å². The quantitative estimate of drug-likeness (QED) is 0.730. The molecular weight excluding hydrogens is 431 g/mol. The Morgan fingerprint density at radius 1 is 1.19 bits per heavy atom. The molecule has 0 aliphatic carbocycles. The number of aliphatic carboxylic acids is 1. The summed E-state index contributed by atoms with van der Waals surface area (Å²) in [6.45, 7) is 4.56. The van der Waals surface area contributed by atoms with Gasteiger partial charge in [0.25, 0.3) is 10.0 Å². The minimum atomic E-state index is -4.25. The molecule has 0 fully saturated rings. The third-order valence-electron chi connectivity index (χ3n) is 4.15. The summed E-state index contributed by atoms with van der Waals surface area (Å²) >= 11 is 0. The first-order valence-corrected chi connectivity index (χ1v) is 10.6. The number of anilines is 2. The summed E-state index contributed by atoms with van der Waals surface area (Å²) in [7, 11) is -4.25. The SMILES string of the molecule is CC(C)(C)OC(=O)Nc1ccc2c(c1)N(S(=O)(=O)c1ccc(F)cc1)CC(C(=O)O)O2. The number of benzene rings is 2. The van der Waals surface area contributed by atoms with Crippen LogP contribution >= 0.6 is 0 Å². The number of nitrogens with one attached hydrogen (secondary N) is 1. The van der Waals surface area contributed by atoms with Gasteiger partial charge < -0.3 is 14.6 Å². The van der Waals surface area contributed by atoms with Crippen molar-refractivity contribution in [1.82, 2.24) is 0 Å². The summed E-state index contributed by atoms with van der Waals surface area (Å²) in [6.07, 6.45) is -2.20. The van der Waals surface area contributed by atoms with E-state index < -0.39 is 46.2 Å². The van der Waals surface area contributed by atoms with Crippen LogP contribution in [0.3, 0.4) is 0 Å². The van der Waals surface area contributed by atoms with Crippen molar-refractivity contribution < 1.29 is 37.0 Å². The monoisotopic (exact) mass is 452 g/mol. The normalized spacial score (nSPS) is 16.1. The summed E-state index contributed by atoms with van der Waals surface area (Å²) < 4.78 is 51.1. The Morgan fingerprint density at radius 3 is 2.42 bits per heavy atom. The first kappa shape index (κ1) is 22.3. The first-order chi connectivity index (χ1) is 14.4. The van der Waals surface area contributed by atoms with Crippen LogP contribution < -0.4 is 14.4 Å². The van der Waals surface area contributed by atoms with Gasteiger partial charge in [-0.25, -0.2) is 22.4 Å². The highest BCUT2D eigenvalue weighted by atomic mass is 32.2. The van der Waals surface area contributed by atoms with E-state index >= 15 is 0 Å². The molecule has 31 heavy (non-hydrogen) atoms. The second kappa shape index (κ2) is 8.06. The van der Waals surface area contributed by atoms with Crippen LogP contribution in [-0.2, 0) is 19.6 Å². The zero-order valence-corrected chi connectivity index (χ0v) is 17.8. The standard InChI is InChI=1S/C20H21FN2O7S/c1-20(2,3)30-19(26)22-13-6-9-16-15(10-13)23(11-17(29-16)18(24)25)31(27,28)14-7-4-12(21)5-8-14/h4-10,17H,11H2,1-3H3,(H,22,26)(H,24,25). The van der Waals surface area contributed by atoms with Gasteiger partial charge in [0.2, 0.25) is 6.10 Å². The molecule has 0 saturated heterocycles. The van der Waals surface area contributed by atoms with E-state index in [4.69, 9.17) is 9.47 Å². The number of sulfonamides is 1. The van der Waals surface area contributed by atoms with Gasteiger partial charge in [0, 0.05) is 5.69 Å². The number of halogens is 1. The molecule has 1 heterocycles. The van der Waals surface area contributed by atoms with Gasteiger partial charge in [0.05, 0.1) is 17.1 Å². The fourth-order valence-electron chi connectivity index (χ4n) is 2.84. The van der Waals surface area contributed by atoms with Gasteiger partial charge >= 0.3 is 12.1 Å². The van der Waals surface area contributed by atoms with Crippen molar-refractivity contribution in [3.63, 3.8) is 0 Å². The molecule has 0 saturated carbocycles. The molecule has 9 nitrogen and oxygen atoms in total. The Morgan fingerprint density at radius 2 is 1.84 bits per heavy atom. The van der Waals surface area contributed by atoms with Crippen LogP contribution in [0.4, 0.5) is 20.6 Å². The summed E-state index contributed by atoms with van der Waals surface area (Å²) in [4.78, 5) is 23.3. The van der Waals surface area contributed by atoms with Crippen LogP contribution in [0.1, 0.15) is 20.8 Å². The zero-order chi connectivity index (χ0) is 23.0. The van der Waals surface area contributed by atoms with Gasteiger partial charge in [-0.15, -0.1) is 0 Å². The third kappa shape index (κ3) is 5.05. The van der Waals surface area contributed by atoms with E-state index in [1.807, 2.05) is 0 Å². The Bertz CT molecular complexity index is 1110. The van der Waals surface area contributed by atoms with Gasteiger partial charge in [0.1, 0.15) is 17.2 Å². The summed E-state index contributed by atoms with van der Waals surface area (Å²) in [5.74, 6) is -1.96. The summed E-state index contributed by atoms with van der Waals surface area (Å²) in [5, 5.41) is 11.9. The van der Waals surface area contributed by atoms with Gasteiger partial charge in [-0.2, -0.15) is 0 Å². The molecule has 2 aromatic rings. The average molecular weight is 452 g/mol. The van der Waals surface area contributed by atoms with Gasteiger partial charge in [-0.05, 0) is 63.2 Å². The number of hydrogen-bond acceptors (Lipinski definition) is 6. The predicted octanol–water partition coefficient (Wildman–Crippen LogP) is 3.21. The van der Waals surface area contributed by atoms with Crippen LogP contribution in [0, 0.1) is 5.82 Å². The largest absolute Gasteiger partial charge is 0.478 e. The molecule has 2 N–H and O–H groups in total. The van der Waals surface area contributed by atoms with E-state index in [0.29, 0.717) is 0 Å². The second-order valence-electron chi connectivity index (χ2n) is 7.74. The number of hydrogen-bond donors (Lipinski definition) is 2. The van der Waals surface area contributed by atoms with Crippen molar-refractivity contribution in [3.8, 4) is 5.75 Å². The Hall–Kier alpha value is -3.34. The maximum Gasteiger partial charge on any atom is 0.412 e. The van der Waals surface area contributed by atoms with Crippen LogP contribution in [0.2, 0.25) is 0 Å². The van der Waals surface area contributed by atoms with Crippen molar-refractivity contribution in [1.29, 1.82) is 0 Å². The molecular formula is C20H21FN2O7S. The molecule has 1 amide bonds. The zero-order valence-electron chi connectivity index (χ0n) is 17.0. The van der Waals surface area contributed by atoms with E-state index in [1.165, 1.54) is 18.2 Å². The molecule has 0 bridgehead atoms. The smallest absolute Gasteiger partial charge is 0.412 e. The Kier molecular flexibility index (Phi) is 5.81. The number of ether oxygens (including phenoxy) is 2. The molecule has 0 radical (unpaired) electrons. The van der Waals surface area contributed by atoms with E-state index in [0.717, 1.165) is 28.6 Å². The van der Waals surface area contributed by atoms with Crippen molar-refractivity contribution in [2.24, 2.45) is 0 Å². The van der Waals surface area contributed by atoms with Crippen molar-refractivity contribution in [2.45, 2.75) is 37.4 Å². The molecule has 166 valence electrons. The fourth-order valence-corrected chi connectivity index (χ4v) is 4.31. The minimum absolute atomic E-state index is 0.000856. The highest BCUT2D eigenvalue weighted by Gasteiger charge is 2.38. The molecule has 11 heteroatoms. The highest BCUT2D eigenvalue weighted by molar-refractivity contribution is 7.92. The van der Waals surface area contributed by atoms with Crippen molar-refractivity contribution in [3.05, 3.63) is 48.3 Å². The van der Waals surface area contributed by atoms with Crippen LogP contribution in [-0.4, -0.2) is 43.8 Å². The van der Waals surface area contributed by atoms with Crippen molar-refractivity contribution in [2.75, 3.05) is 16.2 Å². The molecule has 1 atom stereocenters. The molecule has 0 spiro atoms. The molecule has 2 aromatic carbocycles. The number of carboxylic acids is 1. The van der Waals surface area contributed by atoms with E-state index in [-0.39, 0.29) is 22.0 Å². The number of nitrogens with zero attached hydrogens (tertiary/aromatic N) is 1. The molecule has 3 rings (SSSR count). The number of carbonyl (C=O) groups is 2. The van der Waals surface area contributed by atoms with Crippen molar-refractivity contribution >= 4 is 33.5 Å². The van der Waals surface area contributed by atoms with Gasteiger partial charge in [-0.3, -0.25) is 9.62 Å². The number of carboxylic acid groups (broad SMARTS) is 1. The fraction of sp³-hybridized carbons (Fsp3) is 0.300. The van der Waals surface area contributed by atoms with Gasteiger partial charge in [-0.1, -0.05) is 0 Å². The lowest BCUT2D eigenvalue weighted by atomic mass is 10.2. The predicted molar refractivity (Wildman–Crippen MR) is 109 cm³/mol. The first-order valence-electron chi connectivity index (χ1n) is 9.19. The second-order valence-corrected chi connectivity index (χ2v) is 9.61. The Labute approximate surface area is 178 Å². The van der Waals surface area contributed by atoms with Gasteiger partial charge in [0.15, 0.2) is 0 Å². The highest BCUT2D eigenvalue weighted by Crippen LogP contribution is 2.39. The van der Waals surface area contributed by atoms with E-state index in [1.54, 1.807) is 20.8 Å². The van der Waals surface area contributed by atoms with Crippen LogP contribution in [0.25, 0.3) is 0 Å². The third-order valence-corrected chi connectivity index (χ3v) is 5.94. The van der Waals surface area contributed by atoms with E-state index in [2.05, 4.69) is 5.32 Å². The molecule has 1 aliphatic heterocycles. The Balaban J connectivity index is 2.01. The van der Waals surface area contributed by atoms with Crippen LogP contribution in [0.5, 0.6) is 5.75 Å². The summed E-state index contributed by atoms with van der Waals surface area (Å²) in [5.41, 5.74) is -0.506. The number of rotatable bonds is 4. The number of carbonyl (C=O) groups excluding carboxylic acids is 1. The lowest BCUT2D eigenvalue weighted by molar-refractivity contribution is -0.144. The minimum Gasteiger partial charge on any atom is -0.478 e. The maximum atomic E-state index is 13.3. The molecule has 1 unspecified atom stereocenters. The number of fused-ring (bicyclic) bond motifs is 1. The molecule has 1 aliphatic rings. The number of amides is 1. The lowest BCUT2D eigenvalue weighted by Crippen LogP contribution is -2.47. The molecule has 0 aromatic heterocycles. The lowest BCUT2D eigenvalue weighted by Gasteiger charge is -2.34. The van der Waals surface area contributed by atoms with Crippen LogP contribution in [0.15, 0.2) is 47.4 Å².